The second-order valence-corrected chi connectivity index (χ2v) is 14.2. The number of aromatic hydroxyl groups is 1. The van der Waals surface area contributed by atoms with Gasteiger partial charge in [0.2, 0.25) is 11.8 Å². The minimum atomic E-state index is -0.981. The Balaban J connectivity index is 1.23. The number of carbonyl (C=O) groups excluding carboxylic acids is 3. The molecule has 2 aromatic carbocycles. The van der Waals surface area contributed by atoms with Crippen LogP contribution in [0, 0.1) is 32.1 Å². The summed E-state index contributed by atoms with van der Waals surface area (Å²) in [6, 6.07) is 9.88. The third kappa shape index (κ3) is 7.09. The number of fused-ring (bicyclic) bond motifs is 1. The van der Waals surface area contributed by atoms with Crippen LogP contribution in [-0.2, 0) is 38.8 Å². The monoisotopic (exact) mass is 738 g/mol. The van der Waals surface area contributed by atoms with Crippen LogP contribution >= 0.6 is 11.8 Å². The van der Waals surface area contributed by atoms with Gasteiger partial charge in [-0.1, -0.05) is 6.92 Å². The molecule has 0 aliphatic carbocycles. The zero-order valence-electron chi connectivity index (χ0n) is 27.8. The number of nitrogens with one attached hydrogen (secondary N) is 1. The molecule has 6 rings (SSSR count). The first-order valence-electron chi connectivity index (χ1n) is 16.2. The summed E-state index contributed by atoms with van der Waals surface area (Å²) >= 11 is 1.28. The number of ether oxygens (including phenoxy) is 2. The Hall–Kier alpha value is -5.69. The largest absolute Gasteiger partial charge is 0.493 e. The fourth-order valence-corrected chi connectivity index (χ4v) is 8.42. The molecule has 52 heavy (non-hydrogen) atoms. The lowest BCUT2D eigenvalue weighted by atomic mass is 9.79. The normalized spacial score (nSPS) is 22.9. The summed E-state index contributed by atoms with van der Waals surface area (Å²) in [5, 5.41) is 41.9. The molecule has 19 heteroatoms. The number of benzene rings is 2. The molecule has 3 N–H and O–H groups in total. The summed E-state index contributed by atoms with van der Waals surface area (Å²) in [5.74, 6) is -2.73. The lowest BCUT2D eigenvalue weighted by Crippen LogP contribution is -2.63. The van der Waals surface area contributed by atoms with Crippen LogP contribution in [0.25, 0.3) is 0 Å². The smallest absolute Gasteiger partial charge is 0.410 e. The van der Waals surface area contributed by atoms with E-state index in [-0.39, 0.29) is 54.5 Å². The zero-order valence-corrected chi connectivity index (χ0v) is 28.6. The van der Waals surface area contributed by atoms with Crippen LogP contribution in [0.5, 0.6) is 5.88 Å². The van der Waals surface area contributed by atoms with Gasteiger partial charge in [0, 0.05) is 53.4 Å². The highest BCUT2D eigenvalue weighted by Gasteiger charge is 2.60. The van der Waals surface area contributed by atoms with Crippen LogP contribution in [0.1, 0.15) is 31.4 Å². The number of carbonyl (C=O) groups is 3. The number of β-lactam (4-membered cyclic amide) rings is 1. The van der Waals surface area contributed by atoms with E-state index in [1.165, 1.54) is 87.8 Å². The van der Waals surface area contributed by atoms with Gasteiger partial charge in [0.15, 0.2) is 0 Å². The summed E-state index contributed by atoms with van der Waals surface area (Å²) in [4.78, 5) is 79.4. The van der Waals surface area contributed by atoms with Gasteiger partial charge in [-0.3, -0.25) is 34.6 Å². The molecule has 0 spiro atoms. The maximum Gasteiger partial charge on any atom is 0.410 e. The van der Waals surface area contributed by atoms with Crippen molar-refractivity contribution in [3.63, 3.8) is 0 Å². The minimum absolute atomic E-state index is 0.00431. The lowest BCUT2D eigenvalue weighted by molar-refractivity contribution is -0.385. The predicted molar refractivity (Wildman–Crippen MR) is 181 cm³/mol. The van der Waals surface area contributed by atoms with Crippen LogP contribution in [0.4, 0.5) is 16.2 Å². The molecule has 6 atom stereocenters. The third-order valence-corrected chi connectivity index (χ3v) is 10.9. The van der Waals surface area contributed by atoms with Crippen LogP contribution in [0.2, 0.25) is 0 Å². The molecule has 2 saturated heterocycles. The predicted octanol–water partition coefficient (Wildman–Crippen LogP) is 3.02. The van der Waals surface area contributed by atoms with Crippen molar-refractivity contribution >= 4 is 41.1 Å². The van der Waals surface area contributed by atoms with Crippen molar-refractivity contribution in [1.29, 1.82) is 0 Å². The van der Waals surface area contributed by atoms with Crippen molar-refractivity contribution in [2.24, 2.45) is 11.8 Å². The number of hydrogen-bond donors (Lipinski definition) is 3. The highest BCUT2D eigenvalue weighted by atomic mass is 32.2. The first kappa shape index (κ1) is 36.1. The van der Waals surface area contributed by atoms with E-state index in [0.29, 0.717) is 22.5 Å². The number of rotatable bonds is 12. The van der Waals surface area contributed by atoms with E-state index in [9.17, 15) is 49.6 Å². The van der Waals surface area contributed by atoms with Crippen LogP contribution < -0.4 is 5.69 Å². The van der Waals surface area contributed by atoms with Crippen molar-refractivity contribution in [3.05, 3.63) is 107 Å². The minimum Gasteiger partial charge on any atom is -0.493 e. The zero-order chi connectivity index (χ0) is 37.4. The van der Waals surface area contributed by atoms with Crippen molar-refractivity contribution in [2.75, 3.05) is 6.54 Å². The number of aliphatic hydroxyl groups is 1. The number of hydrogen-bond acceptors (Lipinski definition) is 13. The fraction of sp³-hybridized carbons (Fsp3) is 0.394. The number of aromatic amines is 1. The molecule has 18 nitrogen and oxygen atoms in total. The van der Waals surface area contributed by atoms with Crippen molar-refractivity contribution in [1.82, 2.24) is 19.4 Å². The summed E-state index contributed by atoms with van der Waals surface area (Å²) in [5.41, 5.74) is 0.179. The number of H-pyrrole nitrogens is 1. The van der Waals surface area contributed by atoms with Gasteiger partial charge in [0.1, 0.15) is 18.9 Å². The number of amides is 2. The number of esters is 1. The van der Waals surface area contributed by atoms with Gasteiger partial charge in [-0.05, 0) is 48.7 Å². The van der Waals surface area contributed by atoms with E-state index in [4.69, 9.17) is 9.47 Å². The van der Waals surface area contributed by atoms with E-state index in [2.05, 4.69) is 4.98 Å². The van der Waals surface area contributed by atoms with Gasteiger partial charge in [0.05, 0.1) is 40.1 Å². The van der Waals surface area contributed by atoms with Crippen LogP contribution in [-0.4, -0.2) is 87.4 Å². The molecule has 2 fully saturated rings. The molecule has 1 aromatic heterocycles. The number of thioether (sulfide) groups is 1. The molecule has 3 aromatic rings. The van der Waals surface area contributed by atoms with Gasteiger partial charge in [-0.15, -0.1) is 11.8 Å². The summed E-state index contributed by atoms with van der Waals surface area (Å²) in [7, 11) is 0. The van der Waals surface area contributed by atoms with Gasteiger partial charge in [-0.2, -0.15) is 0 Å². The van der Waals surface area contributed by atoms with E-state index < -0.39 is 63.5 Å². The molecular weight excluding hydrogens is 704 g/mol. The van der Waals surface area contributed by atoms with E-state index in [1.807, 2.05) is 6.92 Å². The second kappa shape index (κ2) is 14.5. The van der Waals surface area contributed by atoms with Gasteiger partial charge >= 0.3 is 17.8 Å². The van der Waals surface area contributed by atoms with Crippen LogP contribution in [0.3, 0.4) is 0 Å². The number of nitrogens with zero attached hydrogens (tertiary/aromatic N) is 5. The molecule has 0 saturated carbocycles. The Morgan fingerprint density at radius 1 is 1.00 bits per heavy atom. The summed E-state index contributed by atoms with van der Waals surface area (Å²) in [6.07, 6.45) is -0.180. The number of aliphatic hydroxyl groups excluding tert-OH is 1. The molecule has 4 heterocycles. The fourth-order valence-electron chi connectivity index (χ4n) is 6.86. The molecular formula is C33H34N6O12S. The standard InChI is InChI=1S/C33H34N6O12S/c1-17-27-26(18(2)40)30(42)37(27)28(31(43)50-15-19-3-7-21(8-4-19)38(46)47)29(17)52-24-11-23(12-35-14-25(41)34-32(35)44)36(13-24)33(45)51-16-20-5-9-22(10-6-20)39(48)49/h3-10,14,17-18,23-24,26-27,40-41H,11-13,15-16H2,1-2H3,(H,34,44)/t17-,18-,23+,24+,26-,27-/m1/s1. The third-order valence-electron chi connectivity index (χ3n) is 9.41. The van der Waals surface area contributed by atoms with Crippen molar-refractivity contribution < 1.29 is 43.9 Å². The van der Waals surface area contributed by atoms with Crippen molar-refractivity contribution in [3.8, 4) is 5.88 Å². The molecule has 0 unspecified atom stereocenters. The number of nitro benzene ring substituents is 2. The molecule has 0 bridgehead atoms. The Morgan fingerprint density at radius 3 is 2.10 bits per heavy atom. The van der Waals surface area contributed by atoms with E-state index in [1.54, 1.807) is 0 Å². The van der Waals surface area contributed by atoms with Crippen molar-refractivity contribution in [2.45, 2.75) is 63.5 Å². The Labute approximate surface area is 298 Å². The Morgan fingerprint density at radius 2 is 1.58 bits per heavy atom. The highest BCUT2D eigenvalue weighted by molar-refractivity contribution is 8.03. The maximum atomic E-state index is 13.7. The SMILES string of the molecule is C[C@@H](O)[C@H]1C(=O)N2C(C(=O)OCc3ccc([N+](=O)[O-])cc3)=C(S[C@H]3C[C@@H](Cn4cc(O)[nH]c4=O)N(C(=O)OCc4ccc([N+](=O)[O-])cc4)C3)[C@H](C)[C@H]12. The summed E-state index contributed by atoms with van der Waals surface area (Å²) in [6.45, 7) is 3.04. The first-order valence-corrected chi connectivity index (χ1v) is 17.1. The molecule has 274 valence electrons. The second-order valence-electron chi connectivity index (χ2n) is 12.8. The maximum absolute atomic E-state index is 13.7. The quantitative estimate of drug-likeness (QED) is 0.105. The Kier molecular flexibility index (Phi) is 10.1. The van der Waals surface area contributed by atoms with E-state index in [0.717, 1.165) is 0 Å². The number of aromatic nitrogens is 2. The summed E-state index contributed by atoms with van der Waals surface area (Å²) < 4.78 is 12.4. The highest BCUT2D eigenvalue weighted by Crippen LogP contribution is 2.52. The van der Waals surface area contributed by atoms with Gasteiger partial charge in [-0.25, -0.2) is 14.4 Å². The van der Waals surface area contributed by atoms with Gasteiger partial charge in [0.25, 0.3) is 11.4 Å². The topological polar surface area (TPSA) is 241 Å². The first-order chi connectivity index (χ1) is 24.7. The van der Waals surface area contributed by atoms with E-state index >= 15 is 0 Å². The van der Waals surface area contributed by atoms with Crippen LogP contribution in [0.15, 0.2) is 70.1 Å². The number of nitro groups is 2. The molecule has 3 aliphatic heterocycles. The average molecular weight is 739 g/mol. The number of non-ortho nitro benzene ring substituents is 2. The van der Waals surface area contributed by atoms with Gasteiger partial charge < -0.3 is 29.5 Å². The molecule has 0 radical (unpaired) electrons. The average Bonchev–Trinajstić information content (AvgIpc) is 3.73. The lowest BCUT2D eigenvalue weighted by Gasteiger charge is -2.46. The number of likely N-dealkylation sites (tertiary alicyclic amines) is 1. The molecule has 2 amide bonds. The number of imidazole rings is 1. The molecule has 3 aliphatic rings. The Bertz CT molecular complexity index is 1990.